The number of benzene rings is 3. The molecular formula is C24H22BrN3O2S. The van der Waals surface area contributed by atoms with E-state index in [2.05, 4.69) is 21.2 Å². The summed E-state index contributed by atoms with van der Waals surface area (Å²) in [5.74, 6) is 0.488. The van der Waals surface area contributed by atoms with Gasteiger partial charge in [-0.3, -0.25) is 4.31 Å². The van der Waals surface area contributed by atoms with Crippen LogP contribution in [0.3, 0.4) is 0 Å². The van der Waals surface area contributed by atoms with Crippen LogP contribution in [0, 0.1) is 6.92 Å². The molecule has 0 atom stereocenters. The monoisotopic (exact) mass is 495 g/mol. The van der Waals surface area contributed by atoms with Crippen molar-refractivity contribution in [2.24, 2.45) is 0 Å². The second-order valence-electron chi connectivity index (χ2n) is 7.12. The molecular weight excluding hydrogens is 474 g/mol. The summed E-state index contributed by atoms with van der Waals surface area (Å²) in [5, 5.41) is 4.66. The van der Waals surface area contributed by atoms with Crippen LogP contribution in [0.1, 0.15) is 5.56 Å². The van der Waals surface area contributed by atoms with Crippen LogP contribution < -0.4 is 9.62 Å². The topological polar surface area (TPSA) is 62.3 Å². The van der Waals surface area contributed by atoms with Crippen LogP contribution >= 0.6 is 15.9 Å². The molecule has 5 nitrogen and oxygen atoms in total. The van der Waals surface area contributed by atoms with E-state index in [-0.39, 0.29) is 11.4 Å². The Bertz CT molecular complexity index is 1290. The zero-order chi connectivity index (χ0) is 21.8. The normalized spacial score (nSPS) is 11.4. The fraction of sp³-hybridized carbons (Fsp3) is 0.125. The number of pyridine rings is 1. The minimum Gasteiger partial charge on any atom is -0.338 e. The molecule has 0 aliphatic carbocycles. The van der Waals surface area contributed by atoms with Crippen molar-refractivity contribution in [3.05, 3.63) is 90.5 Å². The number of rotatable bonds is 7. The maximum atomic E-state index is 13.6. The van der Waals surface area contributed by atoms with Crippen molar-refractivity contribution in [2.45, 2.75) is 11.8 Å². The summed E-state index contributed by atoms with van der Waals surface area (Å²) in [6.07, 6.45) is 0. The van der Waals surface area contributed by atoms with E-state index in [1.54, 1.807) is 24.3 Å². The van der Waals surface area contributed by atoms with E-state index < -0.39 is 10.0 Å². The number of anilines is 3. The second kappa shape index (κ2) is 9.08. The zero-order valence-corrected chi connectivity index (χ0v) is 19.4. The molecule has 1 N–H and O–H groups in total. The van der Waals surface area contributed by atoms with Gasteiger partial charge >= 0.3 is 0 Å². The average molecular weight is 496 g/mol. The first-order chi connectivity index (χ1) is 15.0. The van der Waals surface area contributed by atoms with Gasteiger partial charge in [-0.05, 0) is 43.3 Å². The maximum Gasteiger partial charge on any atom is 0.264 e. The quantitative estimate of drug-likeness (QED) is 0.325. The lowest BCUT2D eigenvalue weighted by Gasteiger charge is -2.26. The highest BCUT2D eigenvalue weighted by atomic mass is 79.9. The molecule has 158 valence electrons. The van der Waals surface area contributed by atoms with Gasteiger partial charge in [-0.2, -0.15) is 0 Å². The number of para-hydroxylation sites is 2. The Morgan fingerprint density at radius 2 is 1.61 bits per heavy atom. The number of nitrogens with one attached hydrogen (secondary N) is 1. The predicted molar refractivity (Wildman–Crippen MR) is 131 cm³/mol. The third kappa shape index (κ3) is 4.57. The minimum atomic E-state index is -3.79. The molecule has 1 aromatic heterocycles. The van der Waals surface area contributed by atoms with Crippen molar-refractivity contribution in [1.29, 1.82) is 0 Å². The molecule has 0 aliphatic heterocycles. The second-order valence-corrected chi connectivity index (χ2v) is 9.77. The molecule has 0 bridgehead atoms. The number of halogens is 1. The molecule has 0 aliphatic rings. The first-order valence-electron chi connectivity index (χ1n) is 9.86. The van der Waals surface area contributed by atoms with E-state index in [1.807, 2.05) is 67.6 Å². The number of aryl methyl sites for hydroxylation is 1. The third-order valence-corrected chi connectivity index (χ3v) is 7.09. The molecule has 4 aromatic rings. The van der Waals surface area contributed by atoms with Gasteiger partial charge in [0, 0.05) is 22.9 Å². The standard InChI is InChI=1S/C24H22BrN3O2S/c1-18-11-13-21(14-12-18)31(29,30)28(16-15-25)23-17-19-7-5-6-10-22(19)27-24(23)26-20-8-3-2-4-9-20/h2-14,17H,15-16H2,1H3,(H,26,27). The first kappa shape index (κ1) is 21.3. The Morgan fingerprint density at radius 3 is 2.32 bits per heavy atom. The Labute approximate surface area is 190 Å². The molecule has 3 aromatic carbocycles. The van der Waals surface area contributed by atoms with Crippen molar-refractivity contribution < 1.29 is 8.42 Å². The van der Waals surface area contributed by atoms with Crippen LogP contribution in [0.25, 0.3) is 10.9 Å². The lowest BCUT2D eigenvalue weighted by Crippen LogP contribution is -2.33. The van der Waals surface area contributed by atoms with Crippen LogP contribution in [0.4, 0.5) is 17.2 Å². The summed E-state index contributed by atoms with van der Waals surface area (Å²) in [5.41, 5.74) is 3.13. The molecule has 0 spiro atoms. The van der Waals surface area contributed by atoms with Crippen LogP contribution in [0.2, 0.25) is 0 Å². The van der Waals surface area contributed by atoms with E-state index in [0.717, 1.165) is 22.2 Å². The van der Waals surface area contributed by atoms with Crippen molar-refractivity contribution in [3.63, 3.8) is 0 Å². The number of sulfonamides is 1. The van der Waals surface area contributed by atoms with Gasteiger partial charge in [0.2, 0.25) is 0 Å². The van der Waals surface area contributed by atoms with Gasteiger partial charge in [-0.1, -0.05) is 70.0 Å². The molecule has 1 heterocycles. The van der Waals surface area contributed by atoms with E-state index in [9.17, 15) is 8.42 Å². The molecule has 0 saturated heterocycles. The number of hydrogen-bond donors (Lipinski definition) is 1. The van der Waals surface area contributed by atoms with Crippen molar-refractivity contribution >= 4 is 54.0 Å². The molecule has 0 fully saturated rings. The molecule has 0 amide bonds. The van der Waals surface area contributed by atoms with Gasteiger partial charge in [0.05, 0.1) is 16.1 Å². The predicted octanol–water partition coefficient (Wildman–Crippen LogP) is 5.88. The Hall–Kier alpha value is -2.90. The van der Waals surface area contributed by atoms with Crippen LogP contribution in [-0.4, -0.2) is 25.3 Å². The van der Waals surface area contributed by atoms with Crippen LogP contribution in [-0.2, 0) is 10.0 Å². The summed E-state index contributed by atoms with van der Waals surface area (Å²) in [6.45, 7) is 2.20. The number of hydrogen-bond acceptors (Lipinski definition) is 4. The van der Waals surface area contributed by atoms with Gasteiger partial charge in [0.15, 0.2) is 5.82 Å². The van der Waals surface area contributed by atoms with E-state index in [4.69, 9.17) is 4.98 Å². The van der Waals surface area contributed by atoms with Gasteiger partial charge in [-0.15, -0.1) is 0 Å². The highest BCUT2D eigenvalue weighted by Crippen LogP contribution is 2.34. The zero-order valence-electron chi connectivity index (χ0n) is 17.0. The fourth-order valence-corrected chi connectivity index (χ4v) is 5.38. The highest BCUT2D eigenvalue weighted by Gasteiger charge is 2.27. The molecule has 0 unspecified atom stereocenters. The first-order valence-corrected chi connectivity index (χ1v) is 12.4. The Kier molecular flexibility index (Phi) is 6.25. The Balaban J connectivity index is 1.89. The van der Waals surface area contributed by atoms with Crippen molar-refractivity contribution in [1.82, 2.24) is 4.98 Å². The van der Waals surface area contributed by atoms with Gasteiger partial charge < -0.3 is 5.32 Å². The SMILES string of the molecule is Cc1ccc(S(=O)(=O)N(CCBr)c2cc3ccccc3nc2Nc2ccccc2)cc1. The number of nitrogens with zero attached hydrogens (tertiary/aromatic N) is 2. The molecule has 31 heavy (non-hydrogen) atoms. The van der Waals surface area contributed by atoms with Crippen molar-refractivity contribution in [3.8, 4) is 0 Å². The van der Waals surface area contributed by atoms with Crippen LogP contribution in [0.5, 0.6) is 0 Å². The number of aromatic nitrogens is 1. The molecule has 7 heteroatoms. The molecule has 0 saturated carbocycles. The number of alkyl halides is 1. The maximum absolute atomic E-state index is 13.6. The fourth-order valence-electron chi connectivity index (χ4n) is 3.33. The highest BCUT2D eigenvalue weighted by molar-refractivity contribution is 9.09. The van der Waals surface area contributed by atoms with Crippen LogP contribution in [0.15, 0.2) is 89.8 Å². The summed E-state index contributed by atoms with van der Waals surface area (Å²) in [7, 11) is -3.79. The van der Waals surface area contributed by atoms with Crippen molar-refractivity contribution in [2.75, 3.05) is 21.5 Å². The Morgan fingerprint density at radius 1 is 0.935 bits per heavy atom. The van der Waals surface area contributed by atoms with E-state index >= 15 is 0 Å². The largest absolute Gasteiger partial charge is 0.338 e. The summed E-state index contributed by atoms with van der Waals surface area (Å²) < 4.78 is 28.7. The number of fused-ring (bicyclic) bond motifs is 1. The molecule has 0 radical (unpaired) electrons. The average Bonchev–Trinajstić information content (AvgIpc) is 2.78. The lowest BCUT2D eigenvalue weighted by molar-refractivity contribution is 0.592. The minimum absolute atomic E-state index is 0.248. The van der Waals surface area contributed by atoms with E-state index in [1.165, 1.54) is 4.31 Å². The smallest absolute Gasteiger partial charge is 0.264 e. The van der Waals surface area contributed by atoms with Gasteiger partial charge in [0.25, 0.3) is 10.0 Å². The summed E-state index contributed by atoms with van der Waals surface area (Å²) in [4.78, 5) is 5.01. The molecule has 4 rings (SSSR count). The van der Waals surface area contributed by atoms with Gasteiger partial charge in [0.1, 0.15) is 0 Å². The third-order valence-electron chi connectivity index (χ3n) is 4.91. The summed E-state index contributed by atoms with van der Waals surface area (Å²) >= 11 is 3.42. The van der Waals surface area contributed by atoms with E-state index in [0.29, 0.717) is 16.8 Å². The van der Waals surface area contributed by atoms with Gasteiger partial charge in [-0.25, -0.2) is 13.4 Å². The lowest BCUT2D eigenvalue weighted by atomic mass is 10.2. The summed E-state index contributed by atoms with van der Waals surface area (Å²) in [6, 6.07) is 26.1.